The largest absolute Gasteiger partial charge is 0.310 e. The smallest absolute Gasteiger partial charge is 0.0547 e. The van der Waals surface area contributed by atoms with E-state index >= 15 is 0 Å². The Kier molecular flexibility index (Phi) is 9.89. The van der Waals surface area contributed by atoms with Crippen LogP contribution >= 0.6 is 0 Å². The highest BCUT2D eigenvalue weighted by atomic mass is 15.1. The number of anilines is 3. The van der Waals surface area contributed by atoms with Crippen LogP contribution < -0.4 is 4.90 Å². The van der Waals surface area contributed by atoms with Crippen LogP contribution in [0.3, 0.4) is 0 Å². The lowest BCUT2D eigenvalue weighted by atomic mass is 9.89. The van der Waals surface area contributed by atoms with Crippen LogP contribution in [0.15, 0.2) is 267 Å². The first-order valence-electron chi connectivity index (χ1n) is 22.7. The van der Waals surface area contributed by atoms with Gasteiger partial charge in [-0.3, -0.25) is 0 Å². The molecular formula is C64H44N2. The van der Waals surface area contributed by atoms with E-state index in [2.05, 4.69) is 276 Å². The van der Waals surface area contributed by atoms with Gasteiger partial charge in [-0.1, -0.05) is 212 Å². The molecule has 1 aromatic heterocycles. The van der Waals surface area contributed by atoms with Crippen LogP contribution in [0.2, 0.25) is 0 Å². The van der Waals surface area contributed by atoms with E-state index in [1.807, 2.05) is 0 Å². The van der Waals surface area contributed by atoms with Crippen LogP contribution in [0.4, 0.5) is 17.1 Å². The molecule has 310 valence electrons. The number of fused-ring (bicyclic) bond motifs is 4. The standard InChI is InChI=1S/C64H44N2/c1-4-18-45(19-5-1)47-32-36-52(37-33-47)65(54-39-41-58(61(44-54)49-23-8-3-9-24-49)57-28-13-12-26-55(57)48-21-6-2-7-22-48)62-30-16-14-27-56(62)51-35-40-60-59-29-15-17-31-63(59)66(64(60)43-51)53-38-34-46-20-10-11-25-50(46)42-53/h1-44H. The first-order chi connectivity index (χ1) is 32.7. The van der Waals surface area contributed by atoms with E-state index in [4.69, 9.17) is 0 Å². The molecule has 0 atom stereocenters. The predicted octanol–water partition coefficient (Wildman–Crippen LogP) is 17.7. The number of hydrogen-bond donors (Lipinski definition) is 0. The minimum atomic E-state index is 1.07. The molecule has 0 amide bonds. The van der Waals surface area contributed by atoms with E-state index in [9.17, 15) is 0 Å². The van der Waals surface area contributed by atoms with E-state index in [1.165, 1.54) is 71.5 Å². The number of para-hydroxylation sites is 2. The predicted molar refractivity (Wildman–Crippen MR) is 280 cm³/mol. The average molecular weight is 841 g/mol. The van der Waals surface area contributed by atoms with Gasteiger partial charge in [0, 0.05) is 33.4 Å². The molecular weight excluding hydrogens is 797 g/mol. The average Bonchev–Trinajstić information content (AvgIpc) is 3.73. The van der Waals surface area contributed by atoms with E-state index in [0.29, 0.717) is 0 Å². The van der Waals surface area contributed by atoms with Gasteiger partial charge in [-0.2, -0.15) is 0 Å². The molecule has 11 aromatic carbocycles. The van der Waals surface area contributed by atoms with Crippen LogP contribution in [0, 0.1) is 0 Å². The van der Waals surface area contributed by atoms with Gasteiger partial charge < -0.3 is 9.47 Å². The van der Waals surface area contributed by atoms with Gasteiger partial charge in [0.25, 0.3) is 0 Å². The highest BCUT2D eigenvalue weighted by Crippen LogP contribution is 2.46. The van der Waals surface area contributed by atoms with Crippen molar-refractivity contribution in [3.05, 3.63) is 267 Å². The van der Waals surface area contributed by atoms with Gasteiger partial charge in [-0.25, -0.2) is 0 Å². The van der Waals surface area contributed by atoms with Gasteiger partial charge in [0.2, 0.25) is 0 Å². The summed E-state index contributed by atoms with van der Waals surface area (Å²) in [4.78, 5) is 2.44. The van der Waals surface area contributed by atoms with Gasteiger partial charge in [-0.05, 0) is 115 Å². The normalized spacial score (nSPS) is 11.3. The molecule has 12 rings (SSSR count). The number of aromatic nitrogens is 1. The molecule has 2 nitrogen and oxygen atoms in total. The molecule has 0 unspecified atom stereocenters. The van der Waals surface area contributed by atoms with Crippen molar-refractivity contribution >= 4 is 49.6 Å². The monoisotopic (exact) mass is 840 g/mol. The summed E-state index contributed by atoms with van der Waals surface area (Å²) in [7, 11) is 0. The Balaban J connectivity index is 1.07. The fourth-order valence-corrected chi connectivity index (χ4v) is 9.86. The van der Waals surface area contributed by atoms with Gasteiger partial charge >= 0.3 is 0 Å². The third-order valence-corrected chi connectivity index (χ3v) is 13.0. The number of nitrogens with zero attached hydrogens (tertiary/aromatic N) is 2. The highest BCUT2D eigenvalue weighted by Gasteiger charge is 2.22. The Morgan fingerprint density at radius 1 is 0.258 bits per heavy atom. The maximum atomic E-state index is 2.44. The zero-order valence-corrected chi connectivity index (χ0v) is 36.3. The molecule has 1 heterocycles. The molecule has 0 aliphatic rings. The molecule has 0 radical (unpaired) electrons. The Hall–Kier alpha value is -8.72. The minimum absolute atomic E-state index is 1.07. The molecule has 0 saturated heterocycles. The molecule has 0 aliphatic carbocycles. The van der Waals surface area contributed by atoms with E-state index in [0.717, 1.165) is 39.4 Å². The Morgan fingerprint density at radius 3 is 1.55 bits per heavy atom. The molecule has 2 heteroatoms. The first kappa shape index (κ1) is 38.9. The summed E-state index contributed by atoms with van der Waals surface area (Å²) in [5, 5.41) is 4.92. The summed E-state index contributed by atoms with van der Waals surface area (Å²) in [6.45, 7) is 0. The fraction of sp³-hybridized carbons (Fsp3) is 0. The summed E-state index contributed by atoms with van der Waals surface area (Å²) >= 11 is 0. The molecule has 12 aromatic rings. The van der Waals surface area contributed by atoms with Crippen molar-refractivity contribution < 1.29 is 0 Å². The first-order valence-corrected chi connectivity index (χ1v) is 22.7. The van der Waals surface area contributed by atoms with E-state index in [-0.39, 0.29) is 0 Å². The van der Waals surface area contributed by atoms with E-state index in [1.54, 1.807) is 0 Å². The Morgan fingerprint density at radius 2 is 0.788 bits per heavy atom. The number of rotatable bonds is 9. The summed E-state index contributed by atoms with van der Waals surface area (Å²) in [5.41, 5.74) is 18.5. The van der Waals surface area contributed by atoms with E-state index < -0.39 is 0 Å². The zero-order valence-electron chi connectivity index (χ0n) is 36.3. The lowest BCUT2D eigenvalue weighted by Crippen LogP contribution is -2.11. The lowest BCUT2D eigenvalue weighted by Gasteiger charge is -2.29. The third-order valence-electron chi connectivity index (χ3n) is 13.0. The van der Waals surface area contributed by atoms with Crippen LogP contribution in [-0.4, -0.2) is 4.57 Å². The molecule has 0 fully saturated rings. The second-order valence-electron chi connectivity index (χ2n) is 16.9. The molecule has 0 saturated carbocycles. The second kappa shape index (κ2) is 16.8. The van der Waals surface area contributed by atoms with Crippen molar-refractivity contribution in [1.82, 2.24) is 4.57 Å². The maximum Gasteiger partial charge on any atom is 0.0547 e. The minimum Gasteiger partial charge on any atom is -0.310 e. The molecule has 66 heavy (non-hydrogen) atoms. The zero-order chi connectivity index (χ0) is 43.8. The van der Waals surface area contributed by atoms with Crippen molar-refractivity contribution in [1.29, 1.82) is 0 Å². The van der Waals surface area contributed by atoms with Crippen LogP contribution in [-0.2, 0) is 0 Å². The Bertz CT molecular complexity index is 3680. The topological polar surface area (TPSA) is 8.17 Å². The third kappa shape index (κ3) is 7.02. The van der Waals surface area contributed by atoms with Gasteiger partial charge in [0.15, 0.2) is 0 Å². The number of benzene rings is 11. The lowest BCUT2D eigenvalue weighted by molar-refractivity contribution is 1.19. The summed E-state index contributed by atoms with van der Waals surface area (Å²) in [5.74, 6) is 0. The summed E-state index contributed by atoms with van der Waals surface area (Å²) in [6.07, 6.45) is 0. The van der Waals surface area contributed by atoms with Gasteiger partial charge in [-0.15, -0.1) is 0 Å². The quantitative estimate of drug-likeness (QED) is 0.141. The Labute approximate surface area is 385 Å². The molecule has 0 N–H and O–H groups in total. The van der Waals surface area contributed by atoms with Gasteiger partial charge in [0.05, 0.1) is 16.7 Å². The van der Waals surface area contributed by atoms with Crippen molar-refractivity contribution in [2.24, 2.45) is 0 Å². The molecule has 0 spiro atoms. The van der Waals surface area contributed by atoms with Crippen molar-refractivity contribution in [2.45, 2.75) is 0 Å². The van der Waals surface area contributed by atoms with Crippen molar-refractivity contribution in [2.75, 3.05) is 4.90 Å². The molecule has 0 aliphatic heterocycles. The highest BCUT2D eigenvalue weighted by molar-refractivity contribution is 6.11. The number of hydrogen-bond acceptors (Lipinski definition) is 1. The summed E-state index contributed by atoms with van der Waals surface area (Å²) < 4.78 is 2.43. The van der Waals surface area contributed by atoms with Crippen LogP contribution in [0.1, 0.15) is 0 Å². The summed E-state index contributed by atoms with van der Waals surface area (Å²) in [6, 6.07) is 97.0. The van der Waals surface area contributed by atoms with Crippen LogP contribution in [0.25, 0.3) is 93.9 Å². The van der Waals surface area contributed by atoms with Gasteiger partial charge in [0.1, 0.15) is 0 Å². The SMILES string of the molecule is c1ccc(-c2ccc(N(c3ccc(-c4ccccc4-c4ccccc4)c(-c4ccccc4)c3)c3ccccc3-c3ccc4c5ccccc5n(-c5ccc6ccccc6c5)c4c3)cc2)cc1. The van der Waals surface area contributed by atoms with Crippen molar-refractivity contribution in [3.8, 4) is 61.3 Å². The second-order valence-corrected chi connectivity index (χ2v) is 16.9. The fourth-order valence-electron chi connectivity index (χ4n) is 9.86. The molecule has 0 bridgehead atoms. The van der Waals surface area contributed by atoms with Crippen LogP contribution in [0.5, 0.6) is 0 Å². The maximum absolute atomic E-state index is 2.44. The van der Waals surface area contributed by atoms with Crippen molar-refractivity contribution in [3.63, 3.8) is 0 Å².